The number of halogens is 1. The Bertz CT molecular complexity index is 528. The van der Waals surface area contributed by atoms with Crippen LogP contribution in [0.1, 0.15) is 6.92 Å². The number of amides is 1. The van der Waals surface area contributed by atoms with Crippen LogP contribution in [0.3, 0.4) is 0 Å². The van der Waals surface area contributed by atoms with Crippen LogP contribution in [0.5, 0.6) is 5.75 Å². The van der Waals surface area contributed by atoms with E-state index >= 15 is 0 Å². The van der Waals surface area contributed by atoms with Crippen molar-refractivity contribution in [2.24, 2.45) is 0 Å². The van der Waals surface area contributed by atoms with Crippen molar-refractivity contribution in [2.45, 2.75) is 37.6 Å². The molecule has 7 nitrogen and oxygen atoms in total. The molecule has 0 aromatic heterocycles. The molecule has 122 valence electrons. The zero-order valence-corrected chi connectivity index (χ0v) is 12.6. The molecule has 0 spiro atoms. The number of benzene rings is 1. The van der Waals surface area contributed by atoms with Crippen LogP contribution in [-0.2, 0) is 9.53 Å². The lowest BCUT2D eigenvalue weighted by Crippen LogP contribution is -2.65. The highest BCUT2D eigenvalue weighted by molar-refractivity contribution is 6.32. The zero-order valence-electron chi connectivity index (χ0n) is 11.8. The smallest absolute Gasteiger partial charge is 0.223 e. The molecular weight excluding hydrogens is 314 g/mol. The molecule has 1 aliphatic heterocycles. The molecule has 0 saturated carbocycles. The summed E-state index contributed by atoms with van der Waals surface area (Å²) in [6.07, 6.45) is -4.86. The highest BCUT2D eigenvalue weighted by Gasteiger charge is 2.46. The topological polar surface area (TPSA) is 108 Å². The van der Waals surface area contributed by atoms with Crippen molar-refractivity contribution in [3.8, 4) is 5.75 Å². The van der Waals surface area contributed by atoms with E-state index in [1.165, 1.54) is 6.92 Å². The Balaban J connectivity index is 2.23. The van der Waals surface area contributed by atoms with Crippen molar-refractivity contribution in [3.63, 3.8) is 0 Å². The van der Waals surface area contributed by atoms with Crippen LogP contribution in [0.2, 0.25) is 5.02 Å². The van der Waals surface area contributed by atoms with Crippen LogP contribution >= 0.6 is 11.6 Å². The van der Waals surface area contributed by atoms with Crippen molar-refractivity contribution in [1.82, 2.24) is 5.32 Å². The third-order valence-electron chi connectivity index (χ3n) is 3.33. The number of aliphatic hydroxyl groups is 3. The Kier molecular flexibility index (Phi) is 5.60. The number of aliphatic hydroxyl groups excluding tert-OH is 3. The third kappa shape index (κ3) is 3.68. The van der Waals surface area contributed by atoms with Gasteiger partial charge in [-0.3, -0.25) is 4.79 Å². The molecule has 22 heavy (non-hydrogen) atoms. The Morgan fingerprint density at radius 2 is 2.05 bits per heavy atom. The molecule has 1 fully saturated rings. The lowest BCUT2D eigenvalue weighted by Gasteiger charge is -2.42. The summed E-state index contributed by atoms with van der Waals surface area (Å²) < 4.78 is 11.0. The van der Waals surface area contributed by atoms with Gasteiger partial charge in [-0.1, -0.05) is 23.7 Å². The summed E-state index contributed by atoms with van der Waals surface area (Å²) in [7, 11) is 0. The quantitative estimate of drug-likeness (QED) is 0.601. The summed E-state index contributed by atoms with van der Waals surface area (Å²) >= 11 is 6.00. The number of carbonyl (C=O) groups is 1. The van der Waals surface area contributed by atoms with Gasteiger partial charge < -0.3 is 30.1 Å². The molecule has 1 heterocycles. The minimum absolute atomic E-state index is 0.296. The number of hydrogen-bond acceptors (Lipinski definition) is 6. The molecular formula is C14H18ClNO6. The predicted molar refractivity (Wildman–Crippen MR) is 77.4 cm³/mol. The second-order valence-electron chi connectivity index (χ2n) is 4.98. The molecule has 4 N–H and O–H groups in total. The highest BCUT2D eigenvalue weighted by atomic mass is 35.5. The van der Waals surface area contributed by atoms with Gasteiger partial charge in [0.05, 0.1) is 11.6 Å². The molecule has 8 heteroatoms. The van der Waals surface area contributed by atoms with E-state index in [0.717, 1.165) is 0 Å². The highest BCUT2D eigenvalue weighted by Crippen LogP contribution is 2.28. The van der Waals surface area contributed by atoms with Gasteiger partial charge in [0, 0.05) is 6.92 Å². The maximum Gasteiger partial charge on any atom is 0.223 e. The van der Waals surface area contributed by atoms with E-state index in [0.29, 0.717) is 10.8 Å². The van der Waals surface area contributed by atoms with Gasteiger partial charge in [-0.15, -0.1) is 0 Å². The van der Waals surface area contributed by atoms with Gasteiger partial charge in [0.25, 0.3) is 0 Å². The first-order chi connectivity index (χ1) is 10.4. The summed E-state index contributed by atoms with van der Waals surface area (Å²) in [5.74, 6) is -0.125. The maximum absolute atomic E-state index is 11.3. The fraction of sp³-hybridized carbons (Fsp3) is 0.500. The van der Waals surface area contributed by atoms with E-state index in [4.69, 9.17) is 21.1 Å². The van der Waals surface area contributed by atoms with E-state index < -0.39 is 43.2 Å². The fourth-order valence-electron chi connectivity index (χ4n) is 2.24. The van der Waals surface area contributed by atoms with E-state index in [1.807, 2.05) is 0 Å². The van der Waals surface area contributed by atoms with Crippen molar-refractivity contribution in [3.05, 3.63) is 29.3 Å². The molecule has 0 radical (unpaired) electrons. The maximum atomic E-state index is 11.3. The van der Waals surface area contributed by atoms with Gasteiger partial charge in [-0.05, 0) is 12.1 Å². The third-order valence-corrected chi connectivity index (χ3v) is 3.64. The predicted octanol–water partition coefficient (Wildman–Crippen LogP) is -0.338. The number of hydrogen-bond donors (Lipinski definition) is 4. The van der Waals surface area contributed by atoms with Crippen LogP contribution in [0.25, 0.3) is 0 Å². The second kappa shape index (κ2) is 7.26. The van der Waals surface area contributed by atoms with Crippen molar-refractivity contribution < 1.29 is 29.6 Å². The Morgan fingerprint density at radius 1 is 1.36 bits per heavy atom. The number of ether oxygens (including phenoxy) is 2. The summed E-state index contributed by atoms with van der Waals surface area (Å²) in [6, 6.07) is 5.62. The van der Waals surface area contributed by atoms with Gasteiger partial charge in [0.1, 0.15) is 30.1 Å². The molecule has 1 aromatic rings. The molecule has 5 atom stereocenters. The fourth-order valence-corrected chi connectivity index (χ4v) is 2.42. The minimum atomic E-state index is -1.36. The van der Waals surface area contributed by atoms with Crippen molar-refractivity contribution >= 4 is 17.5 Å². The molecule has 0 unspecified atom stereocenters. The lowest BCUT2D eigenvalue weighted by molar-refractivity contribution is -0.244. The van der Waals surface area contributed by atoms with E-state index in [9.17, 15) is 20.1 Å². The number of nitrogens with one attached hydrogen (secondary N) is 1. The van der Waals surface area contributed by atoms with Crippen LogP contribution in [0.15, 0.2) is 24.3 Å². The molecule has 0 aliphatic carbocycles. The van der Waals surface area contributed by atoms with Crippen LogP contribution < -0.4 is 10.1 Å². The van der Waals surface area contributed by atoms with Crippen LogP contribution in [-0.4, -0.2) is 58.5 Å². The van der Waals surface area contributed by atoms with Gasteiger partial charge in [0.2, 0.25) is 12.2 Å². The van der Waals surface area contributed by atoms with Crippen molar-refractivity contribution in [2.75, 3.05) is 6.61 Å². The SMILES string of the molecule is CC(=O)N[C@@H]1[C@@H](Oc2ccccc2Cl)O[C@@H](CO)[C@@H](O)[C@@H]1O. The normalized spacial score (nSPS) is 31.6. The monoisotopic (exact) mass is 331 g/mol. The first-order valence-corrected chi connectivity index (χ1v) is 7.12. The Hall–Kier alpha value is -1.38. The number of rotatable bonds is 4. The van der Waals surface area contributed by atoms with E-state index in [-0.39, 0.29) is 0 Å². The standard InChI is InChI=1S/C14H18ClNO6/c1-7(18)16-11-13(20)12(19)10(6-17)22-14(11)21-9-5-3-2-4-8(9)15/h2-5,10-14,17,19-20H,6H2,1H3,(H,16,18)/t10-,11-,12+,13+,14-/m0/s1. The molecule has 1 amide bonds. The molecule has 2 rings (SSSR count). The summed E-state index contributed by atoms with van der Waals surface area (Å²) in [4.78, 5) is 11.3. The van der Waals surface area contributed by atoms with Crippen molar-refractivity contribution in [1.29, 1.82) is 0 Å². The number of para-hydroxylation sites is 1. The van der Waals surface area contributed by atoms with Crippen LogP contribution in [0, 0.1) is 0 Å². The van der Waals surface area contributed by atoms with Gasteiger partial charge in [-0.25, -0.2) is 0 Å². The average molecular weight is 332 g/mol. The lowest BCUT2D eigenvalue weighted by atomic mass is 9.97. The van der Waals surface area contributed by atoms with Crippen LogP contribution in [0.4, 0.5) is 0 Å². The average Bonchev–Trinajstić information content (AvgIpc) is 2.48. The Labute approximate surface area is 132 Å². The molecule has 1 saturated heterocycles. The molecule has 1 aromatic carbocycles. The van der Waals surface area contributed by atoms with Gasteiger partial charge in [-0.2, -0.15) is 0 Å². The van der Waals surface area contributed by atoms with Gasteiger partial charge >= 0.3 is 0 Å². The summed E-state index contributed by atoms with van der Waals surface area (Å²) in [5.41, 5.74) is 0. The summed E-state index contributed by atoms with van der Waals surface area (Å²) in [5, 5.41) is 32.0. The molecule has 0 bridgehead atoms. The van der Waals surface area contributed by atoms with E-state index in [2.05, 4.69) is 5.32 Å². The Morgan fingerprint density at radius 3 is 2.64 bits per heavy atom. The summed E-state index contributed by atoms with van der Waals surface area (Å²) in [6.45, 7) is 0.761. The molecule has 1 aliphatic rings. The van der Waals surface area contributed by atoms with E-state index in [1.54, 1.807) is 24.3 Å². The largest absolute Gasteiger partial charge is 0.461 e. The number of carbonyl (C=O) groups excluding carboxylic acids is 1. The van der Waals surface area contributed by atoms with Gasteiger partial charge in [0.15, 0.2) is 0 Å². The first kappa shape index (κ1) is 17.0. The second-order valence-corrected chi connectivity index (χ2v) is 5.39. The minimum Gasteiger partial charge on any atom is -0.461 e. The first-order valence-electron chi connectivity index (χ1n) is 6.74. The zero-order chi connectivity index (χ0) is 16.3.